The molecule has 250 valence electrons. The van der Waals surface area contributed by atoms with Crippen molar-refractivity contribution >= 4 is 33.0 Å². The van der Waals surface area contributed by atoms with Crippen molar-refractivity contribution in [2.24, 2.45) is 0 Å². The van der Waals surface area contributed by atoms with E-state index in [1.54, 1.807) is 5.38 Å². The van der Waals surface area contributed by atoms with Crippen molar-refractivity contribution in [2.75, 3.05) is 19.3 Å². The summed E-state index contributed by atoms with van der Waals surface area (Å²) < 4.78 is 119. The molecule has 1 amide bonds. The molecule has 13 nitrogen and oxygen atoms in total. The van der Waals surface area contributed by atoms with Gasteiger partial charge in [0.1, 0.15) is 23.7 Å². The molecule has 5 rings (SSSR count). The van der Waals surface area contributed by atoms with E-state index in [2.05, 4.69) is 10.1 Å². The first-order valence-electron chi connectivity index (χ1n) is 13.3. The minimum absolute atomic E-state index is 0.0141. The molecule has 2 aliphatic rings. The number of carbonyl (C=O) groups excluding carboxylic acids is 1. The third-order valence-electron chi connectivity index (χ3n) is 7.18. The number of hydrogen-bond donors (Lipinski definition) is 0. The van der Waals surface area contributed by atoms with Gasteiger partial charge in [0.25, 0.3) is 5.69 Å². The van der Waals surface area contributed by atoms with Crippen molar-refractivity contribution in [3.8, 4) is 5.75 Å². The van der Waals surface area contributed by atoms with Crippen LogP contribution in [0.1, 0.15) is 58.3 Å². The van der Waals surface area contributed by atoms with E-state index >= 15 is 0 Å². The number of ether oxygens (including phenoxy) is 2. The number of fused-ring (bicyclic) bond motifs is 1. The number of piperidine rings is 1. The predicted octanol–water partition coefficient (Wildman–Crippen LogP) is 4.78. The number of likely N-dealkylation sites (tertiary alicyclic amines) is 1. The standard InChI is InChI=1S/C25H23F6N5O8S2/c1-46(40,41)44-18-3-2-17(36(38)39)14-10-42-23(43-11-15(14)18)16-12-45-22(32-16)13-4-6-34(7-5-13)21(37)9-35-20(25(29,30)31)8-19(33-35)24(26,27)28/h2-3,8,12-13,23H,4-7,9-11H2,1H3. The number of thiazole rings is 1. The highest BCUT2D eigenvalue weighted by molar-refractivity contribution is 7.86. The molecule has 4 heterocycles. The first-order valence-corrected chi connectivity index (χ1v) is 16.0. The maximum atomic E-state index is 13.3. The minimum atomic E-state index is -5.15. The van der Waals surface area contributed by atoms with E-state index in [9.17, 15) is 49.7 Å². The van der Waals surface area contributed by atoms with Gasteiger partial charge in [0, 0.05) is 42.1 Å². The molecule has 1 aromatic carbocycles. The summed E-state index contributed by atoms with van der Waals surface area (Å²) in [5.41, 5.74) is -3.22. The maximum absolute atomic E-state index is 13.3. The van der Waals surface area contributed by atoms with Crippen LogP contribution in [0.25, 0.3) is 0 Å². The van der Waals surface area contributed by atoms with E-state index in [1.807, 2.05) is 0 Å². The summed E-state index contributed by atoms with van der Waals surface area (Å²) in [5, 5.41) is 16.8. The fourth-order valence-corrected chi connectivity index (χ4v) is 6.51. The van der Waals surface area contributed by atoms with Crippen LogP contribution in [-0.4, -0.2) is 58.3 Å². The number of benzene rings is 1. The van der Waals surface area contributed by atoms with E-state index in [1.165, 1.54) is 16.2 Å². The molecule has 1 atom stereocenters. The lowest BCUT2D eigenvalue weighted by molar-refractivity contribution is -0.386. The van der Waals surface area contributed by atoms with Crippen LogP contribution in [-0.2, 0) is 56.5 Å². The average Bonchev–Trinajstić information content (AvgIpc) is 3.56. The van der Waals surface area contributed by atoms with Crippen LogP contribution in [0, 0.1) is 10.1 Å². The van der Waals surface area contributed by atoms with Crippen LogP contribution in [0.15, 0.2) is 23.6 Å². The summed E-state index contributed by atoms with van der Waals surface area (Å²) in [5.74, 6) is -1.14. The van der Waals surface area contributed by atoms with Crippen LogP contribution in [0.2, 0.25) is 0 Å². The molecular formula is C25H23F6N5O8S2. The van der Waals surface area contributed by atoms with E-state index in [0.29, 0.717) is 23.5 Å². The SMILES string of the molecule is CS(=O)(=O)Oc1ccc([N+](=O)[O-])c2c1COC(c1csc(C3CCN(C(=O)Cn4nc(C(F)(F)F)cc4C(F)(F)F)CC3)n1)OC2. The van der Waals surface area contributed by atoms with Crippen molar-refractivity contribution in [3.05, 3.63) is 66.9 Å². The average molecular weight is 700 g/mol. The van der Waals surface area contributed by atoms with E-state index in [0.717, 1.165) is 18.4 Å². The van der Waals surface area contributed by atoms with E-state index in [-0.39, 0.29) is 65.5 Å². The van der Waals surface area contributed by atoms with E-state index in [4.69, 9.17) is 13.7 Å². The number of rotatable bonds is 7. The number of hydrogen-bond acceptors (Lipinski definition) is 11. The van der Waals surface area contributed by atoms with Gasteiger partial charge in [-0.2, -0.15) is 39.9 Å². The van der Waals surface area contributed by atoms with Crippen LogP contribution in [0.4, 0.5) is 32.0 Å². The van der Waals surface area contributed by atoms with Gasteiger partial charge in [0.15, 0.2) is 5.69 Å². The number of amides is 1. The Labute approximate surface area is 259 Å². The lowest BCUT2D eigenvalue weighted by Gasteiger charge is -2.31. The Morgan fingerprint density at radius 1 is 1.11 bits per heavy atom. The second kappa shape index (κ2) is 12.4. The topological polar surface area (TPSA) is 156 Å². The van der Waals surface area contributed by atoms with Gasteiger partial charge in [0.05, 0.1) is 35.0 Å². The second-order valence-corrected chi connectivity index (χ2v) is 12.8. The van der Waals surface area contributed by atoms with Gasteiger partial charge in [0.2, 0.25) is 12.2 Å². The van der Waals surface area contributed by atoms with E-state index < -0.39 is 57.5 Å². The molecule has 1 saturated heterocycles. The van der Waals surface area contributed by atoms with Crippen molar-refractivity contribution in [1.29, 1.82) is 0 Å². The smallest absolute Gasteiger partial charge is 0.382 e. The van der Waals surface area contributed by atoms with Crippen molar-refractivity contribution in [3.63, 3.8) is 0 Å². The molecule has 46 heavy (non-hydrogen) atoms. The summed E-state index contributed by atoms with van der Waals surface area (Å²) in [7, 11) is -3.96. The summed E-state index contributed by atoms with van der Waals surface area (Å²) in [6.45, 7) is -1.43. The van der Waals surface area contributed by atoms with Crippen LogP contribution in [0.5, 0.6) is 5.75 Å². The first-order chi connectivity index (χ1) is 21.4. The second-order valence-electron chi connectivity index (χ2n) is 10.4. The normalized spacial score (nSPS) is 18.2. The Bertz CT molecular complexity index is 1750. The number of nitro groups is 1. The Morgan fingerprint density at radius 2 is 1.76 bits per heavy atom. The molecule has 0 radical (unpaired) electrons. The van der Waals surface area contributed by atoms with Gasteiger partial charge in [-0.1, -0.05) is 0 Å². The Morgan fingerprint density at radius 3 is 2.35 bits per heavy atom. The zero-order chi connectivity index (χ0) is 33.6. The van der Waals surface area contributed by atoms with Crippen LogP contribution >= 0.6 is 11.3 Å². The summed E-state index contributed by atoms with van der Waals surface area (Å²) >= 11 is 1.25. The highest BCUT2D eigenvalue weighted by Gasteiger charge is 2.42. The quantitative estimate of drug-likeness (QED) is 0.146. The molecule has 0 saturated carbocycles. The van der Waals surface area contributed by atoms with Crippen LogP contribution in [0.3, 0.4) is 0 Å². The molecule has 3 aromatic rings. The molecule has 2 aliphatic heterocycles. The zero-order valence-electron chi connectivity index (χ0n) is 23.5. The van der Waals surface area contributed by atoms with Gasteiger partial charge < -0.3 is 18.6 Å². The monoisotopic (exact) mass is 699 g/mol. The number of alkyl halides is 6. The molecule has 1 fully saturated rings. The molecule has 0 spiro atoms. The zero-order valence-corrected chi connectivity index (χ0v) is 25.1. The molecule has 0 bridgehead atoms. The third kappa shape index (κ3) is 7.42. The van der Waals surface area contributed by atoms with Gasteiger partial charge >= 0.3 is 22.5 Å². The minimum Gasteiger partial charge on any atom is -0.382 e. The molecule has 0 aliphatic carbocycles. The first kappa shape index (κ1) is 33.5. The fraction of sp³-hybridized carbons (Fsp3) is 0.480. The summed E-state index contributed by atoms with van der Waals surface area (Å²) in [4.78, 5) is 29.5. The van der Waals surface area contributed by atoms with Gasteiger partial charge in [-0.05, 0) is 18.9 Å². The third-order valence-corrected chi connectivity index (χ3v) is 8.69. The molecule has 2 aromatic heterocycles. The fourth-order valence-electron chi connectivity index (χ4n) is 5.03. The lowest BCUT2D eigenvalue weighted by Crippen LogP contribution is -2.40. The van der Waals surface area contributed by atoms with Crippen LogP contribution < -0.4 is 4.18 Å². The van der Waals surface area contributed by atoms with Gasteiger partial charge in [-0.3, -0.25) is 19.6 Å². The molecule has 1 unspecified atom stereocenters. The van der Waals surface area contributed by atoms with Crippen molar-refractivity contribution in [2.45, 2.75) is 57.2 Å². The molecular weight excluding hydrogens is 676 g/mol. The number of nitrogens with zero attached hydrogens (tertiary/aromatic N) is 5. The Kier molecular flexibility index (Phi) is 9.05. The van der Waals surface area contributed by atoms with Crippen molar-refractivity contribution in [1.82, 2.24) is 19.7 Å². The number of aromatic nitrogens is 3. The molecule has 0 N–H and O–H groups in total. The number of halogens is 6. The highest BCUT2D eigenvalue weighted by Crippen LogP contribution is 2.39. The lowest BCUT2D eigenvalue weighted by atomic mass is 9.97. The molecule has 21 heteroatoms. The largest absolute Gasteiger partial charge is 0.435 e. The summed E-state index contributed by atoms with van der Waals surface area (Å²) in [6.07, 6.45) is -9.82. The maximum Gasteiger partial charge on any atom is 0.435 e. The highest BCUT2D eigenvalue weighted by atomic mass is 32.2. The number of nitro benzene ring substituents is 1. The Hall–Kier alpha value is -3.82. The number of carbonyl (C=O) groups is 1. The predicted molar refractivity (Wildman–Crippen MR) is 144 cm³/mol. The van der Waals surface area contributed by atoms with Gasteiger partial charge in [-0.15, -0.1) is 11.3 Å². The van der Waals surface area contributed by atoms with Gasteiger partial charge in [-0.25, -0.2) is 4.98 Å². The van der Waals surface area contributed by atoms with Crippen molar-refractivity contribution < 1.29 is 58.1 Å². The Balaban J connectivity index is 1.23. The summed E-state index contributed by atoms with van der Waals surface area (Å²) in [6, 6.07) is 2.12.